The third-order valence-electron chi connectivity index (χ3n) is 3.83. The molecule has 2 amide bonds. The van der Waals surface area contributed by atoms with Gasteiger partial charge in [0.25, 0.3) is 5.91 Å². The lowest BCUT2D eigenvalue weighted by Crippen LogP contribution is -2.58. The second kappa shape index (κ2) is 6.26. The Morgan fingerprint density at radius 1 is 1.52 bits per heavy atom. The molecule has 0 bridgehead atoms. The number of aryl methyl sites for hydroxylation is 2. The molecule has 2 heterocycles. The molecule has 21 heavy (non-hydrogen) atoms. The summed E-state index contributed by atoms with van der Waals surface area (Å²) in [5.74, 6) is 0.427. The van der Waals surface area contributed by atoms with Crippen LogP contribution in [0.2, 0.25) is 0 Å². The molecule has 1 atom stereocenters. The van der Waals surface area contributed by atoms with Crippen LogP contribution in [0.25, 0.3) is 0 Å². The van der Waals surface area contributed by atoms with E-state index in [-0.39, 0.29) is 12.5 Å². The lowest BCUT2D eigenvalue weighted by Gasteiger charge is -2.38. The Kier molecular flexibility index (Phi) is 4.62. The van der Waals surface area contributed by atoms with E-state index in [2.05, 4.69) is 4.98 Å². The summed E-state index contributed by atoms with van der Waals surface area (Å²) in [5.41, 5.74) is 4.25. The largest absolute Gasteiger partial charge is 0.367 e. The van der Waals surface area contributed by atoms with Gasteiger partial charge in [-0.15, -0.1) is 0 Å². The van der Waals surface area contributed by atoms with E-state index < -0.39 is 11.5 Å². The molecule has 7 heteroatoms. The van der Waals surface area contributed by atoms with Gasteiger partial charge in [0, 0.05) is 38.3 Å². The van der Waals surface area contributed by atoms with Crippen LogP contribution in [0.15, 0.2) is 12.4 Å². The van der Waals surface area contributed by atoms with E-state index in [4.69, 9.17) is 10.5 Å². The Balaban J connectivity index is 1.93. The molecule has 1 aromatic heterocycles. The number of hydrogen-bond acceptors (Lipinski definition) is 4. The first-order valence-electron chi connectivity index (χ1n) is 7.18. The zero-order chi connectivity index (χ0) is 15.5. The Morgan fingerprint density at radius 2 is 2.29 bits per heavy atom. The molecule has 1 aliphatic rings. The number of primary amides is 1. The highest BCUT2D eigenvalue weighted by Crippen LogP contribution is 2.18. The minimum atomic E-state index is -1.09. The van der Waals surface area contributed by atoms with Crippen LogP contribution in [0.5, 0.6) is 0 Å². The normalized spacial score (nSPS) is 22.3. The van der Waals surface area contributed by atoms with Crippen LogP contribution in [0, 0.1) is 0 Å². The number of hydrogen-bond donors (Lipinski definition) is 1. The van der Waals surface area contributed by atoms with Gasteiger partial charge in [-0.2, -0.15) is 0 Å². The maximum absolute atomic E-state index is 12.3. The summed E-state index contributed by atoms with van der Waals surface area (Å²) in [6.45, 7) is 5.28. The minimum Gasteiger partial charge on any atom is -0.367 e. The summed E-state index contributed by atoms with van der Waals surface area (Å²) in [6.07, 6.45) is 4.82. The van der Waals surface area contributed by atoms with Crippen molar-refractivity contribution in [2.24, 2.45) is 5.73 Å². The molecule has 1 aromatic rings. The maximum Gasteiger partial charge on any atom is 0.251 e. The second-order valence-corrected chi connectivity index (χ2v) is 5.40. The van der Waals surface area contributed by atoms with Gasteiger partial charge >= 0.3 is 0 Å². The summed E-state index contributed by atoms with van der Waals surface area (Å²) in [4.78, 5) is 29.6. The molecule has 2 rings (SSSR count). The van der Waals surface area contributed by atoms with Crippen LogP contribution in [0.1, 0.15) is 26.1 Å². The summed E-state index contributed by atoms with van der Waals surface area (Å²) in [6, 6.07) is 0. The Labute approximate surface area is 124 Å². The smallest absolute Gasteiger partial charge is 0.251 e. The maximum atomic E-state index is 12.3. The number of carbonyl (C=O) groups is 2. The average molecular weight is 294 g/mol. The van der Waals surface area contributed by atoms with Gasteiger partial charge in [-0.05, 0) is 6.92 Å². The van der Waals surface area contributed by atoms with Crippen molar-refractivity contribution in [3.63, 3.8) is 0 Å². The highest BCUT2D eigenvalue weighted by molar-refractivity contribution is 5.85. The lowest BCUT2D eigenvalue weighted by atomic mass is 10.0. The molecule has 0 spiro atoms. The van der Waals surface area contributed by atoms with Crippen LogP contribution >= 0.6 is 0 Å². The van der Waals surface area contributed by atoms with Crippen molar-refractivity contribution in [1.82, 2.24) is 14.5 Å². The number of aromatic nitrogens is 2. The first-order chi connectivity index (χ1) is 9.96. The third kappa shape index (κ3) is 3.41. The zero-order valence-corrected chi connectivity index (χ0v) is 12.5. The number of morpholine rings is 1. The molecule has 0 aliphatic carbocycles. The molecule has 1 saturated heterocycles. The van der Waals surface area contributed by atoms with Crippen molar-refractivity contribution in [2.45, 2.75) is 38.8 Å². The fourth-order valence-corrected chi connectivity index (χ4v) is 2.46. The topological polar surface area (TPSA) is 90.4 Å². The van der Waals surface area contributed by atoms with Crippen molar-refractivity contribution >= 4 is 11.8 Å². The highest BCUT2D eigenvalue weighted by atomic mass is 16.5. The van der Waals surface area contributed by atoms with Crippen molar-refractivity contribution in [2.75, 3.05) is 19.7 Å². The molecule has 7 nitrogen and oxygen atoms in total. The highest BCUT2D eigenvalue weighted by Gasteiger charge is 2.38. The fourth-order valence-electron chi connectivity index (χ4n) is 2.46. The number of nitrogens with zero attached hydrogens (tertiary/aromatic N) is 3. The molecule has 116 valence electrons. The number of rotatable bonds is 5. The molecular weight excluding hydrogens is 272 g/mol. The molecular formula is C14H22N4O3. The number of amides is 2. The summed E-state index contributed by atoms with van der Waals surface area (Å²) in [5, 5.41) is 0. The number of nitrogens with two attached hydrogens (primary N) is 1. The molecule has 1 fully saturated rings. The third-order valence-corrected chi connectivity index (χ3v) is 3.83. The summed E-state index contributed by atoms with van der Waals surface area (Å²) >= 11 is 0. The van der Waals surface area contributed by atoms with E-state index >= 15 is 0 Å². The quantitative estimate of drug-likeness (QED) is 0.823. The van der Waals surface area contributed by atoms with Gasteiger partial charge in [-0.25, -0.2) is 4.98 Å². The van der Waals surface area contributed by atoms with Crippen molar-refractivity contribution in [3.8, 4) is 0 Å². The molecule has 1 aliphatic heterocycles. The van der Waals surface area contributed by atoms with E-state index in [1.165, 1.54) is 0 Å². The minimum absolute atomic E-state index is 0.00141. The van der Waals surface area contributed by atoms with E-state index in [9.17, 15) is 9.59 Å². The van der Waals surface area contributed by atoms with Gasteiger partial charge in [-0.1, -0.05) is 6.92 Å². The van der Waals surface area contributed by atoms with E-state index in [1.807, 2.05) is 17.7 Å². The average Bonchev–Trinajstić information content (AvgIpc) is 2.92. The van der Waals surface area contributed by atoms with Gasteiger partial charge in [0.15, 0.2) is 5.60 Å². The van der Waals surface area contributed by atoms with Crippen molar-refractivity contribution < 1.29 is 14.3 Å². The molecule has 0 radical (unpaired) electrons. The Bertz CT molecular complexity index is 528. The summed E-state index contributed by atoms with van der Waals surface area (Å²) < 4.78 is 7.39. The molecule has 1 unspecified atom stereocenters. The standard InChI is InChI=1S/C14H22N4O3/c1-3-11-16-5-7-17(11)6-4-12(19)18-8-9-21-14(2,10-18)13(15)20/h5,7H,3-4,6,8-10H2,1-2H3,(H2,15,20). The van der Waals surface area contributed by atoms with Crippen LogP contribution < -0.4 is 5.73 Å². The van der Waals surface area contributed by atoms with E-state index in [0.717, 1.165) is 12.2 Å². The molecule has 2 N–H and O–H groups in total. The zero-order valence-electron chi connectivity index (χ0n) is 12.5. The molecule has 0 aromatic carbocycles. The predicted molar refractivity (Wildman–Crippen MR) is 76.4 cm³/mol. The SMILES string of the molecule is CCc1nccn1CCC(=O)N1CCOC(C)(C(N)=O)C1. The number of imidazole rings is 1. The number of ether oxygens (including phenoxy) is 1. The predicted octanol–water partition coefficient (Wildman–Crippen LogP) is -0.0616. The molecule has 0 saturated carbocycles. The summed E-state index contributed by atoms with van der Waals surface area (Å²) in [7, 11) is 0. The van der Waals surface area contributed by atoms with Gasteiger partial charge in [0.2, 0.25) is 5.91 Å². The fraction of sp³-hybridized carbons (Fsp3) is 0.643. The lowest BCUT2D eigenvalue weighted by molar-refractivity contribution is -0.160. The van der Waals surface area contributed by atoms with Crippen LogP contribution in [-0.2, 0) is 27.3 Å². The monoisotopic (exact) mass is 294 g/mol. The Hall–Kier alpha value is -1.89. The second-order valence-electron chi connectivity index (χ2n) is 5.40. The first-order valence-corrected chi connectivity index (χ1v) is 7.18. The first kappa shape index (κ1) is 15.5. The van der Waals surface area contributed by atoms with Crippen molar-refractivity contribution in [1.29, 1.82) is 0 Å². The van der Waals surface area contributed by atoms with Gasteiger partial charge < -0.3 is 19.9 Å². The van der Waals surface area contributed by atoms with Crippen LogP contribution in [0.3, 0.4) is 0 Å². The number of carbonyl (C=O) groups excluding carboxylic acids is 2. The van der Waals surface area contributed by atoms with Crippen molar-refractivity contribution in [3.05, 3.63) is 18.2 Å². The Morgan fingerprint density at radius 3 is 2.95 bits per heavy atom. The van der Waals surface area contributed by atoms with Crippen LogP contribution in [-0.4, -0.2) is 51.6 Å². The van der Waals surface area contributed by atoms with Gasteiger partial charge in [0.1, 0.15) is 5.82 Å². The van der Waals surface area contributed by atoms with Gasteiger partial charge in [-0.3, -0.25) is 9.59 Å². The van der Waals surface area contributed by atoms with E-state index in [0.29, 0.717) is 26.1 Å². The van der Waals surface area contributed by atoms with Crippen LogP contribution in [0.4, 0.5) is 0 Å². The van der Waals surface area contributed by atoms with Gasteiger partial charge in [0.05, 0.1) is 13.2 Å². The van der Waals surface area contributed by atoms with E-state index in [1.54, 1.807) is 18.0 Å².